The van der Waals surface area contributed by atoms with Gasteiger partial charge < -0.3 is 0 Å². The van der Waals surface area contributed by atoms with Crippen molar-refractivity contribution in [3.8, 4) is 11.1 Å². The van der Waals surface area contributed by atoms with Gasteiger partial charge in [-0.25, -0.2) is 0 Å². The Balaban J connectivity index is 2.30. The number of benzene rings is 3. The van der Waals surface area contributed by atoms with E-state index < -0.39 is 0 Å². The van der Waals surface area contributed by atoms with E-state index in [0.717, 1.165) is 0 Å². The molecule has 0 heteroatoms. The minimum absolute atomic E-state index is 1.18. The molecule has 0 unspecified atom stereocenters. The van der Waals surface area contributed by atoms with Crippen molar-refractivity contribution in [2.45, 2.75) is 27.7 Å². The highest BCUT2D eigenvalue weighted by Crippen LogP contribution is 2.32. The fourth-order valence-corrected chi connectivity index (χ4v) is 2.88. The Kier molecular flexibility index (Phi) is 3.10. The van der Waals surface area contributed by atoms with Crippen LogP contribution in [-0.4, -0.2) is 0 Å². The first-order valence-electron chi connectivity index (χ1n) is 7.07. The van der Waals surface area contributed by atoms with Crippen LogP contribution in [0.5, 0.6) is 0 Å². The van der Waals surface area contributed by atoms with Crippen LogP contribution >= 0.6 is 0 Å². The molecule has 0 saturated heterocycles. The summed E-state index contributed by atoms with van der Waals surface area (Å²) < 4.78 is 0. The fraction of sp³-hybridized carbons (Fsp3) is 0.200. The van der Waals surface area contributed by atoms with Gasteiger partial charge in [0.15, 0.2) is 0 Å². The summed E-state index contributed by atoms with van der Waals surface area (Å²) in [5.41, 5.74) is 7.97. The molecule has 3 rings (SSSR count). The Hall–Kier alpha value is -2.08. The van der Waals surface area contributed by atoms with Crippen molar-refractivity contribution >= 4 is 10.8 Å². The van der Waals surface area contributed by atoms with E-state index in [1.165, 1.54) is 44.2 Å². The number of hydrogen-bond acceptors (Lipinski definition) is 0. The van der Waals surface area contributed by atoms with E-state index in [0.29, 0.717) is 0 Å². The lowest BCUT2D eigenvalue weighted by molar-refractivity contribution is 1.24. The summed E-state index contributed by atoms with van der Waals surface area (Å²) in [5, 5.41) is 2.43. The van der Waals surface area contributed by atoms with Crippen molar-refractivity contribution in [2.75, 3.05) is 0 Å². The standard InChI is InChI=1S/C20H19/c1-13-11-14(2)16(4)20(15(13)3)19-10-9-17-7-5-6-8-18(17)12-19/h5-11H,1-4H3. The van der Waals surface area contributed by atoms with Crippen LogP contribution in [-0.2, 0) is 0 Å². The molecule has 0 N–H and O–H groups in total. The molecule has 0 atom stereocenters. The second-order valence-electron chi connectivity index (χ2n) is 5.59. The SMILES string of the molecule is Cc1cc(C)c(C)c(-c2[c]c3ccccc3cc2)c1C. The first-order valence-corrected chi connectivity index (χ1v) is 7.07. The summed E-state index contributed by atoms with van der Waals surface area (Å²) in [7, 11) is 0. The van der Waals surface area contributed by atoms with Gasteiger partial charge in [-0.15, -0.1) is 0 Å². The Bertz CT molecular complexity index is 768. The van der Waals surface area contributed by atoms with E-state index in [-0.39, 0.29) is 0 Å². The molecule has 0 heterocycles. The maximum absolute atomic E-state index is 3.58. The third kappa shape index (κ3) is 2.02. The molecular weight excluding hydrogens is 240 g/mol. The third-order valence-corrected chi connectivity index (χ3v) is 4.30. The molecule has 0 fully saturated rings. The topological polar surface area (TPSA) is 0 Å². The van der Waals surface area contributed by atoms with Crippen molar-refractivity contribution in [3.05, 3.63) is 70.8 Å². The van der Waals surface area contributed by atoms with Crippen LogP contribution < -0.4 is 0 Å². The van der Waals surface area contributed by atoms with Gasteiger partial charge in [0.05, 0.1) is 0 Å². The lowest BCUT2D eigenvalue weighted by atomic mass is 9.89. The summed E-state index contributed by atoms with van der Waals surface area (Å²) >= 11 is 0. The second kappa shape index (κ2) is 4.79. The van der Waals surface area contributed by atoms with Crippen LogP contribution in [0.15, 0.2) is 42.5 Å². The molecule has 99 valence electrons. The number of fused-ring (bicyclic) bond motifs is 1. The van der Waals surface area contributed by atoms with Gasteiger partial charge in [-0.3, -0.25) is 0 Å². The van der Waals surface area contributed by atoms with Crippen molar-refractivity contribution in [2.24, 2.45) is 0 Å². The summed E-state index contributed by atoms with van der Waals surface area (Å²) in [6.45, 7) is 8.79. The minimum atomic E-state index is 1.18. The van der Waals surface area contributed by atoms with Crippen molar-refractivity contribution in [1.82, 2.24) is 0 Å². The molecule has 0 spiro atoms. The number of rotatable bonds is 1. The van der Waals surface area contributed by atoms with Gasteiger partial charge in [0.1, 0.15) is 0 Å². The fourth-order valence-electron chi connectivity index (χ4n) is 2.88. The average Bonchev–Trinajstić information content (AvgIpc) is 2.45. The first-order chi connectivity index (χ1) is 9.58. The molecule has 3 aromatic rings. The van der Waals surface area contributed by atoms with Gasteiger partial charge >= 0.3 is 0 Å². The molecule has 0 bridgehead atoms. The predicted molar refractivity (Wildman–Crippen MR) is 87.2 cm³/mol. The summed E-state index contributed by atoms with van der Waals surface area (Å²) in [6.07, 6.45) is 0. The lowest BCUT2D eigenvalue weighted by Gasteiger charge is -2.15. The lowest BCUT2D eigenvalue weighted by Crippen LogP contribution is -1.95. The van der Waals surface area contributed by atoms with Crippen LogP contribution in [0.25, 0.3) is 21.9 Å². The van der Waals surface area contributed by atoms with Gasteiger partial charge in [0, 0.05) is 0 Å². The van der Waals surface area contributed by atoms with Gasteiger partial charge in [0.2, 0.25) is 0 Å². The smallest absolute Gasteiger partial charge is 0.00141 e. The zero-order valence-electron chi connectivity index (χ0n) is 12.5. The van der Waals surface area contributed by atoms with Crippen LogP contribution in [0.1, 0.15) is 22.3 Å². The maximum atomic E-state index is 3.58. The largest absolute Gasteiger partial charge is 0.0616 e. The molecule has 20 heavy (non-hydrogen) atoms. The number of aryl methyl sites for hydroxylation is 2. The number of hydrogen-bond donors (Lipinski definition) is 0. The van der Waals surface area contributed by atoms with Crippen molar-refractivity contribution in [3.63, 3.8) is 0 Å². The van der Waals surface area contributed by atoms with E-state index in [1.807, 2.05) is 0 Å². The Morgan fingerprint density at radius 3 is 2.10 bits per heavy atom. The van der Waals surface area contributed by atoms with Gasteiger partial charge in [-0.2, -0.15) is 0 Å². The summed E-state index contributed by atoms with van der Waals surface area (Å²) in [4.78, 5) is 0. The second-order valence-corrected chi connectivity index (χ2v) is 5.59. The van der Waals surface area contributed by atoms with Gasteiger partial charge in [-0.1, -0.05) is 42.5 Å². The minimum Gasteiger partial charge on any atom is -0.0616 e. The Morgan fingerprint density at radius 2 is 1.40 bits per heavy atom. The quantitative estimate of drug-likeness (QED) is 0.538. The third-order valence-electron chi connectivity index (χ3n) is 4.30. The predicted octanol–water partition coefficient (Wildman–Crippen LogP) is 5.54. The highest BCUT2D eigenvalue weighted by Gasteiger charge is 2.11. The summed E-state index contributed by atoms with van der Waals surface area (Å²) in [5.74, 6) is 0. The van der Waals surface area contributed by atoms with Crippen LogP contribution in [0.4, 0.5) is 0 Å². The van der Waals surface area contributed by atoms with Crippen LogP contribution in [0.3, 0.4) is 0 Å². The molecule has 3 aromatic carbocycles. The first kappa shape index (κ1) is 12.9. The Labute approximate surface area is 121 Å². The molecule has 0 saturated carbocycles. The Morgan fingerprint density at radius 1 is 0.750 bits per heavy atom. The van der Waals surface area contributed by atoms with Gasteiger partial charge in [-0.05, 0) is 77.9 Å². The normalized spacial score (nSPS) is 11.0. The maximum Gasteiger partial charge on any atom is -0.00141 e. The van der Waals surface area contributed by atoms with Crippen LogP contribution in [0.2, 0.25) is 0 Å². The zero-order chi connectivity index (χ0) is 14.3. The molecular formula is C20H19. The van der Waals surface area contributed by atoms with Crippen molar-refractivity contribution in [1.29, 1.82) is 0 Å². The molecule has 0 aliphatic rings. The summed E-state index contributed by atoms with van der Waals surface area (Å²) in [6, 6.07) is 18.6. The van der Waals surface area contributed by atoms with Crippen molar-refractivity contribution < 1.29 is 0 Å². The molecule has 0 aliphatic carbocycles. The van der Waals surface area contributed by atoms with E-state index in [1.54, 1.807) is 0 Å². The van der Waals surface area contributed by atoms with E-state index >= 15 is 0 Å². The molecule has 1 radical (unpaired) electrons. The van der Waals surface area contributed by atoms with Gasteiger partial charge in [0.25, 0.3) is 0 Å². The highest BCUT2D eigenvalue weighted by atomic mass is 14.1. The zero-order valence-corrected chi connectivity index (χ0v) is 12.5. The molecule has 0 nitrogen and oxygen atoms in total. The van der Waals surface area contributed by atoms with Crippen LogP contribution in [0, 0.1) is 33.8 Å². The molecule has 0 aromatic heterocycles. The highest BCUT2D eigenvalue weighted by molar-refractivity contribution is 5.88. The van der Waals surface area contributed by atoms with E-state index in [9.17, 15) is 0 Å². The van der Waals surface area contributed by atoms with E-state index in [2.05, 4.69) is 76.2 Å². The van der Waals surface area contributed by atoms with E-state index in [4.69, 9.17) is 0 Å². The molecule has 0 amide bonds. The average molecular weight is 259 g/mol. The monoisotopic (exact) mass is 259 g/mol. The molecule has 0 aliphatic heterocycles.